The van der Waals surface area contributed by atoms with E-state index in [0.29, 0.717) is 10.8 Å². The number of nitrogens with two attached hydrogens (primary N) is 1. The van der Waals surface area contributed by atoms with E-state index in [1.165, 1.54) is 18.3 Å². The van der Waals surface area contributed by atoms with Gasteiger partial charge in [0.25, 0.3) is 0 Å². The van der Waals surface area contributed by atoms with Gasteiger partial charge in [-0.3, -0.25) is 14.4 Å². The smallest absolute Gasteiger partial charge is 0.228 e. The Kier molecular flexibility index (Phi) is 6.02. The molecule has 0 spiro atoms. The van der Waals surface area contributed by atoms with Crippen molar-refractivity contribution in [2.45, 2.75) is 25.8 Å². The Morgan fingerprint density at radius 3 is 2.58 bits per heavy atom. The van der Waals surface area contributed by atoms with Gasteiger partial charge in [0.15, 0.2) is 5.13 Å². The van der Waals surface area contributed by atoms with Crippen LogP contribution in [0.3, 0.4) is 0 Å². The zero-order valence-electron chi connectivity index (χ0n) is 13.1. The first kappa shape index (κ1) is 17.6. The third kappa shape index (κ3) is 5.47. The van der Waals surface area contributed by atoms with Gasteiger partial charge in [-0.05, 0) is 5.56 Å². The van der Waals surface area contributed by atoms with Crippen molar-refractivity contribution < 1.29 is 14.4 Å². The van der Waals surface area contributed by atoms with Crippen LogP contribution in [0.1, 0.15) is 30.6 Å². The van der Waals surface area contributed by atoms with Crippen molar-refractivity contribution in [3.05, 3.63) is 47.0 Å². The maximum atomic E-state index is 12.2. The molecule has 0 aliphatic rings. The molecule has 1 aromatic heterocycles. The second-order valence-corrected chi connectivity index (χ2v) is 6.06. The van der Waals surface area contributed by atoms with E-state index in [0.717, 1.165) is 5.56 Å². The van der Waals surface area contributed by atoms with E-state index in [4.69, 9.17) is 5.73 Å². The molecular formula is C16H18N4O3S. The average Bonchev–Trinajstić information content (AvgIpc) is 2.93. The number of nitrogens with zero attached hydrogens (tertiary/aromatic N) is 1. The van der Waals surface area contributed by atoms with Gasteiger partial charge in [0.2, 0.25) is 17.7 Å². The molecule has 1 aromatic carbocycles. The third-order valence-electron chi connectivity index (χ3n) is 3.12. The molecular weight excluding hydrogens is 328 g/mol. The number of rotatable bonds is 7. The van der Waals surface area contributed by atoms with Crippen LogP contribution in [0.4, 0.5) is 5.13 Å². The minimum absolute atomic E-state index is 0.0326. The molecule has 0 saturated heterocycles. The van der Waals surface area contributed by atoms with Gasteiger partial charge in [0, 0.05) is 12.3 Å². The van der Waals surface area contributed by atoms with Crippen LogP contribution in [-0.4, -0.2) is 22.7 Å². The van der Waals surface area contributed by atoms with E-state index < -0.39 is 11.9 Å². The van der Waals surface area contributed by atoms with E-state index in [1.807, 2.05) is 30.3 Å². The molecule has 1 heterocycles. The molecule has 0 aliphatic carbocycles. The predicted octanol–water partition coefficient (Wildman–Crippen LogP) is 1.38. The lowest BCUT2D eigenvalue weighted by Crippen LogP contribution is -2.29. The number of benzene rings is 1. The molecule has 24 heavy (non-hydrogen) atoms. The van der Waals surface area contributed by atoms with Crippen molar-refractivity contribution in [1.29, 1.82) is 0 Å². The third-order valence-corrected chi connectivity index (χ3v) is 3.93. The highest BCUT2D eigenvalue weighted by Crippen LogP contribution is 2.20. The molecule has 0 radical (unpaired) electrons. The second kappa shape index (κ2) is 8.21. The highest BCUT2D eigenvalue weighted by atomic mass is 32.1. The molecule has 0 saturated carbocycles. The fraction of sp³-hybridized carbons (Fsp3) is 0.250. The number of anilines is 1. The molecule has 8 heteroatoms. The van der Waals surface area contributed by atoms with E-state index in [9.17, 15) is 14.4 Å². The summed E-state index contributed by atoms with van der Waals surface area (Å²) < 4.78 is 0. The lowest BCUT2D eigenvalue weighted by molar-refractivity contribution is -0.120. The first-order valence-corrected chi connectivity index (χ1v) is 8.16. The summed E-state index contributed by atoms with van der Waals surface area (Å²) in [5, 5.41) is 7.50. The zero-order chi connectivity index (χ0) is 17.5. The van der Waals surface area contributed by atoms with Crippen LogP contribution in [0.5, 0.6) is 0 Å². The number of thiazole rings is 1. The van der Waals surface area contributed by atoms with E-state index in [2.05, 4.69) is 15.6 Å². The fourth-order valence-corrected chi connectivity index (χ4v) is 2.89. The number of primary amides is 1. The number of carbonyl (C=O) groups is 3. The van der Waals surface area contributed by atoms with Crippen molar-refractivity contribution in [2.75, 3.05) is 5.32 Å². The molecule has 4 N–H and O–H groups in total. The first-order chi connectivity index (χ1) is 11.4. The summed E-state index contributed by atoms with van der Waals surface area (Å²) in [6.45, 7) is 1.41. The summed E-state index contributed by atoms with van der Waals surface area (Å²) in [5.41, 5.74) is 6.47. The quantitative estimate of drug-likeness (QED) is 0.702. The molecule has 2 aromatic rings. The van der Waals surface area contributed by atoms with Crippen LogP contribution < -0.4 is 16.4 Å². The Morgan fingerprint density at radius 2 is 1.96 bits per heavy atom. The van der Waals surface area contributed by atoms with Gasteiger partial charge in [0.1, 0.15) is 0 Å². The lowest BCUT2D eigenvalue weighted by atomic mass is 10.0. The highest BCUT2D eigenvalue weighted by molar-refractivity contribution is 7.13. The second-order valence-electron chi connectivity index (χ2n) is 5.20. The molecule has 3 amide bonds. The normalized spacial score (nSPS) is 11.5. The summed E-state index contributed by atoms with van der Waals surface area (Å²) in [6, 6.07) is 8.83. The van der Waals surface area contributed by atoms with Gasteiger partial charge in [-0.2, -0.15) is 0 Å². The topological polar surface area (TPSA) is 114 Å². The van der Waals surface area contributed by atoms with Crippen LogP contribution in [0.2, 0.25) is 0 Å². The number of amides is 3. The molecule has 126 valence electrons. The molecule has 0 bridgehead atoms. The van der Waals surface area contributed by atoms with E-state index in [-0.39, 0.29) is 24.7 Å². The van der Waals surface area contributed by atoms with Crippen molar-refractivity contribution in [3.8, 4) is 0 Å². The van der Waals surface area contributed by atoms with Crippen molar-refractivity contribution in [2.24, 2.45) is 5.73 Å². The number of carbonyl (C=O) groups excluding carboxylic acids is 3. The number of hydrogen-bond donors (Lipinski definition) is 3. The number of aromatic nitrogens is 1. The van der Waals surface area contributed by atoms with Gasteiger partial charge >= 0.3 is 0 Å². The Bertz CT molecular complexity index is 730. The summed E-state index contributed by atoms with van der Waals surface area (Å²) >= 11 is 1.22. The van der Waals surface area contributed by atoms with Crippen LogP contribution >= 0.6 is 11.3 Å². The Balaban J connectivity index is 2.01. The van der Waals surface area contributed by atoms with Crippen LogP contribution in [0, 0.1) is 0 Å². The minimum atomic E-state index is -0.479. The average molecular weight is 346 g/mol. The van der Waals surface area contributed by atoms with Gasteiger partial charge in [0.05, 0.1) is 24.6 Å². The summed E-state index contributed by atoms with van der Waals surface area (Å²) in [6.07, 6.45) is 0.110. The molecule has 1 unspecified atom stereocenters. The van der Waals surface area contributed by atoms with Crippen molar-refractivity contribution in [1.82, 2.24) is 10.3 Å². The number of hydrogen-bond acceptors (Lipinski definition) is 5. The standard InChI is InChI=1S/C16H18N4O3S/c1-10(21)18-13(11-5-3-2-4-6-11)8-15(23)20-16-19-12(9-24-16)7-14(17)22/h2-6,9,13H,7-8H2,1H3,(H2,17,22)(H,18,21)(H,19,20,23). The van der Waals surface area contributed by atoms with Crippen molar-refractivity contribution in [3.63, 3.8) is 0 Å². The van der Waals surface area contributed by atoms with Crippen LogP contribution in [0.15, 0.2) is 35.7 Å². The fourth-order valence-electron chi connectivity index (χ4n) is 2.16. The summed E-state index contributed by atoms with van der Waals surface area (Å²) in [4.78, 5) is 38.6. The Morgan fingerprint density at radius 1 is 1.25 bits per heavy atom. The van der Waals surface area contributed by atoms with Gasteiger partial charge in [-0.15, -0.1) is 11.3 Å². The van der Waals surface area contributed by atoms with Gasteiger partial charge in [-0.1, -0.05) is 30.3 Å². The monoisotopic (exact) mass is 346 g/mol. The van der Waals surface area contributed by atoms with Gasteiger partial charge in [-0.25, -0.2) is 4.98 Å². The predicted molar refractivity (Wildman–Crippen MR) is 91.3 cm³/mol. The molecule has 7 nitrogen and oxygen atoms in total. The maximum absolute atomic E-state index is 12.2. The number of nitrogens with one attached hydrogen (secondary N) is 2. The van der Waals surface area contributed by atoms with Gasteiger partial charge < -0.3 is 16.4 Å². The van der Waals surface area contributed by atoms with Crippen LogP contribution in [0.25, 0.3) is 0 Å². The Hall–Kier alpha value is -2.74. The highest BCUT2D eigenvalue weighted by Gasteiger charge is 2.18. The lowest BCUT2D eigenvalue weighted by Gasteiger charge is -2.17. The maximum Gasteiger partial charge on any atom is 0.228 e. The molecule has 0 aliphatic heterocycles. The largest absolute Gasteiger partial charge is 0.369 e. The first-order valence-electron chi connectivity index (χ1n) is 7.28. The summed E-state index contributed by atoms with van der Waals surface area (Å²) in [5.74, 6) is -0.972. The SMILES string of the molecule is CC(=O)NC(CC(=O)Nc1nc(CC(N)=O)cs1)c1ccccc1. The Labute approximate surface area is 143 Å². The molecule has 2 rings (SSSR count). The molecule has 0 fully saturated rings. The van der Waals surface area contributed by atoms with E-state index >= 15 is 0 Å². The molecule has 1 atom stereocenters. The van der Waals surface area contributed by atoms with E-state index in [1.54, 1.807) is 5.38 Å². The zero-order valence-corrected chi connectivity index (χ0v) is 13.9. The minimum Gasteiger partial charge on any atom is -0.369 e. The van der Waals surface area contributed by atoms with Crippen LogP contribution in [-0.2, 0) is 20.8 Å². The summed E-state index contributed by atoms with van der Waals surface area (Å²) in [7, 11) is 0. The van der Waals surface area contributed by atoms with Crippen molar-refractivity contribution >= 4 is 34.2 Å².